The van der Waals surface area contributed by atoms with Gasteiger partial charge in [-0.1, -0.05) is 6.92 Å². The fraction of sp³-hybridized carbons (Fsp3) is 0.714. The molecule has 10 heavy (non-hydrogen) atoms. The number of hydrazone groups is 1. The molecule has 2 N–H and O–H groups in total. The minimum atomic E-state index is 0.572. The Morgan fingerprint density at radius 1 is 1.70 bits per heavy atom. The normalized spacial score (nSPS) is 20.3. The molecule has 56 valence electrons. The van der Waals surface area contributed by atoms with Gasteiger partial charge in [0.05, 0.1) is 11.8 Å². The van der Waals surface area contributed by atoms with Crippen LogP contribution in [0.15, 0.2) is 10.1 Å². The summed E-state index contributed by atoms with van der Waals surface area (Å²) in [6.45, 7) is 2.02. The van der Waals surface area contributed by atoms with Crippen LogP contribution in [-0.4, -0.2) is 18.0 Å². The zero-order chi connectivity index (χ0) is 7.40. The number of hydrogen-bond acceptors (Lipinski definition) is 3. The molecule has 0 bridgehead atoms. The lowest BCUT2D eigenvalue weighted by molar-refractivity contribution is 1.08. The highest BCUT2D eigenvalue weighted by Gasteiger charge is 2.18. The van der Waals surface area contributed by atoms with E-state index in [-0.39, 0.29) is 0 Å². The Bertz CT molecular complexity index is 156. The lowest BCUT2D eigenvalue weighted by Gasteiger charge is -1.89. The van der Waals surface area contributed by atoms with Gasteiger partial charge in [-0.15, -0.1) is 0 Å². The van der Waals surface area contributed by atoms with Gasteiger partial charge < -0.3 is 5.84 Å². The summed E-state index contributed by atoms with van der Waals surface area (Å²) in [6, 6.07) is 0.572. The van der Waals surface area contributed by atoms with Gasteiger partial charge in [0.1, 0.15) is 0 Å². The molecule has 0 spiro atoms. The number of nitrogens with zero attached hydrogens (tertiary/aromatic N) is 2. The van der Waals surface area contributed by atoms with Crippen LogP contribution in [0.25, 0.3) is 0 Å². The van der Waals surface area contributed by atoms with Crippen LogP contribution < -0.4 is 5.84 Å². The van der Waals surface area contributed by atoms with Gasteiger partial charge >= 0.3 is 0 Å². The van der Waals surface area contributed by atoms with Crippen LogP contribution in [0.2, 0.25) is 0 Å². The Balaban J connectivity index is 2.32. The van der Waals surface area contributed by atoms with E-state index in [4.69, 9.17) is 5.84 Å². The van der Waals surface area contributed by atoms with Crippen molar-refractivity contribution in [2.45, 2.75) is 32.2 Å². The van der Waals surface area contributed by atoms with E-state index in [2.05, 4.69) is 10.1 Å². The van der Waals surface area contributed by atoms with Crippen molar-refractivity contribution in [3.63, 3.8) is 0 Å². The van der Waals surface area contributed by atoms with Crippen molar-refractivity contribution < 1.29 is 0 Å². The van der Waals surface area contributed by atoms with Crippen LogP contribution in [0, 0.1) is 0 Å². The van der Waals surface area contributed by atoms with E-state index in [1.54, 1.807) is 6.21 Å². The van der Waals surface area contributed by atoms with E-state index in [0.717, 1.165) is 12.1 Å². The third kappa shape index (κ3) is 2.17. The highest BCUT2D eigenvalue weighted by Crippen LogP contribution is 2.22. The first kappa shape index (κ1) is 7.25. The van der Waals surface area contributed by atoms with E-state index in [1.807, 2.05) is 6.92 Å². The molecule has 0 saturated heterocycles. The zero-order valence-corrected chi connectivity index (χ0v) is 6.25. The van der Waals surface area contributed by atoms with Crippen LogP contribution in [0.1, 0.15) is 26.2 Å². The lowest BCUT2D eigenvalue weighted by atomic mass is 10.3. The van der Waals surface area contributed by atoms with Crippen molar-refractivity contribution in [2.24, 2.45) is 15.9 Å². The minimum absolute atomic E-state index is 0.572. The smallest absolute Gasteiger partial charge is 0.0775 e. The number of rotatable bonds is 3. The summed E-state index contributed by atoms with van der Waals surface area (Å²) in [5, 5.41) is 3.57. The molecule has 0 unspecified atom stereocenters. The zero-order valence-electron chi connectivity index (χ0n) is 6.25. The average molecular weight is 139 g/mol. The van der Waals surface area contributed by atoms with Gasteiger partial charge in [0.2, 0.25) is 0 Å². The summed E-state index contributed by atoms with van der Waals surface area (Å²) in [5.74, 6) is 5.09. The van der Waals surface area contributed by atoms with Crippen molar-refractivity contribution >= 4 is 11.9 Å². The Morgan fingerprint density at radius 2 is 2.40 bits per heavy atom. The molecule has 0 aliphatic heterocycles. The maximum absolute atomic E-state index is 5.09. The largest absolute Gasteiger partial charge is 0.323 e. The summed E-state index contributed by atoms with van der Waals surface area (Å²) < 4.78 is 0. The second-order valence-electron chi connectivity index (χ2n) is 2.48. The van der Waals surface area contributed by atoms with Crippen LogP contribution in [0.3, 0.4) is 0 Å². The first-order valence-electron chi connectivity index (χ1n) is 3.66. The van der Waals surface area contributed by atoms with Crippen molar-refractivity contribution in [2.75, 3.05) is 0 Å². The number of nitrogens with two attached hydrogens (primary N) is 1. The number of aliphatic imine (C=N–C) groups is 1. The third-order valence-electron chi connectivity index (χ3n) is 1.51. The van der Waals surface area contributed by atoms with Crippen molar-refractivity contribution in [3.8, 4) is 0 Å². The second-order valence-corrected chi connectivity index (χ2v) is 2.48. The van der Waals surface area contributed by atoms with Crippen molar-refractivity contribution in [1.29, 1.82) is 0 Å². The maximum Gasteiger partial charge on any atom is 0.0775 e. The second kappa shape index (κ2) is 3.34. The number of hydrogen-bond donors (Lipinski definition) is 1. The van der Waals surface area contributed by atoms with E-state index in [1.165, 1.54) is 12.8 Å². The van der Waals surface area contributed by atoms with Gasteiger partial charge in [-0.3, -0.25) is 4.99 Å². The molecule has 0 aromatic heterocycles. The molecule has 1 aliphatic carbocycles. The predicted octanol–water partition coefficient (Wildman–Crippen LogP) is 0.944. The van der Waals surface area contributed by atoms with E-state index >= 15 is 0 Å². The summed E-state index contributed by atoms with van der Waals surface area (Å²) in [4.78, 5) is 4.24. The molecule has 1 saturated carbocycles. The van der Waals surface area contributed by atoms with E-state index in [0.29, 0.717) is 6.04 Å². The molecular formula is C7H13N3. The molecule has 0 aromatic rings. The summed E-state index contributed by atoms with van der Waals surface area (Å²) in [6.07, 6.45) is 5.13. The van der Waals surface area contributed by atoms with Crippen molar-refractivity contribution in [1.82, 2.24) is 0 Å². The van der Waals surface area contributed by atoms with Crippen LogP contribution >= 0.6 is 0 Å². The molecule has 1 rings (SSSR count). The van der Waals surface area contributed by atoms with Crippen LogP contribution in [0.5, 0.6) is 0 Å². The Morgan fingerprint density at radius 3 is 2.80 bits per heavy atom. The standard InChI is InChI=1S/C7H13N3/c1-2-6(10-8)5-9-7-3-4-7/h5,7H,2-4,8H2,1H3. The summed E-state index contributed by atoms with van der Waals surface area (Å²) >= 11 is 0. The molecule has 0 aromatic carbocycles. The predicted molar refractivity (Wildman–Crippen MR) is 43.4 cm³/mol. The molecule has 3 nitrogen and oxygen atoms in total. The molecule has 0 heterocycles. The highest BCUT2D eigenvalue weighted by molar-refractivity contribution is 6.30. The molecule has 1 aliphatic rings. The molecule has 1 fully saturated rings. The average Bonchev–Trinajstić information content (AvgIpc) is 2.74. The maximum atomic E-state index is 5.09. The third-order valence-corrected chi connectivity index (χ3v) is 1.51. The SMILES string of the molecule is CCC(C=NC1CC1)=NN. The van der Waals surface area contributed by atoms with Gasteiger partial charge in [0.15, 0.2) is 0 Å². The quantitative estimate of drug-likeness (QED) is 0.353. The fourth-order valence-electron chi connectivity index (χ4n) is 0.631. The van der Waals surface area contributed by atoms with Gasteiger partial charge in [0, 0.05) is 6.21 Å². The van der Waals surface area contributed by atoms with Gasteiger partial charge in [0.25, 0.3) is 0 Å². The van der Waals surface area contributed by atoms with Gasteiger partial charge in [-0.05, 0) is 19.3 Å². The fourth-order valence-corrected chi connectivity index (χ4v) is 0.631. The Hall–Kier alpha value is -0.860. The van der Waals surface area contributed by atoms with Crippen LogP contribution in [-0.2, 0) is 0 Å². The summed E-state index contributed by atoms with van der Waals surface area (Å²) in [7, 11) is 0. The van der Waals surface area contributed by atoms with Crippen LogP contribution in [0.4, 0.5) is 0 Å². The monoisotopic (exact) mass is 139 g/mol. The van der Waals surface area contributed by atoms with Crippen molar-refractivity contribution in [3.05, 3.63) is 0 Å². The van der Waals surface area contributed by atoms with Gasteiger partial charge in [-0.25, -0.2) is 0 Å². The highest BCUT2D eigenvalue weighted by atomic mass is 15.1. The molecule has 0 radical (unpaired) electrons. The topological polar surface area (TPSA) is 50.7 Å². The lowest BCUT2D eigenvalue weighted by Crippen LogP contribution is -2.02. The first-order chi connectivity index (χ1) is 4.86. The molecule has 0 atom stereocenters. The van der Waals surface area contributed by atoms with E-state index < -0.39 is 0 Å². The molecule has 3 heteroatoms. The van der Waals surface area contributed by atoms with E-state index in [9.17, 15) is 0 Å². The summed E-state index contributed by atoms with van der Waals surface area (Å²) in [5.41, 5.74) is 0.881. The first-order valence-corrected chi connectivity index (χ1v) is 3.66. The molecular weight excluding hydrogens is 126 g/mol. The molecule has 0 amide bonds. The van der Waals surface area contributed by atoms with Gasteiger partial charge in [-0.2, -0.15) is 5.10 Å². The Labute approximate surface area is 61.0 Å². The Kier molecular flexibility index (Phi) is 2.42. The minimum Gasteiger partial charge on any atom is -0.323 e.